The Hall–Kier alpha value is -1.36. The highest BCUT2D eigenvalue weighted by Gasteiger charge is 2.40. The van der Waals surface area contributed by atoms with E-state index in [-0.39, 0.29) is 4.90 Å². The minimum absolute atomic E-state index is 0.233. The number of carbonyl (C=O) groups is 1. The van der Waals surface area contributed by atoms with Crippen LogP contribution in [0.15, 0.2) is 29.2 Å². The fourth-order valence-electron chi connectivity index (χ4n) is 2.65. The summed E-state index contributed by atoms with van der Waals surface area (Å²) >= 11 is 0. The summed E-state index contributed by atoms with van der Waals surface area (Å²) in [6, 6.07) is 6.62. The topological polar surface area (TPSA) is 71.4 Å². The number of aliphatic carboxylic acids is 1. The number of benzene rings is 1. The van der Waals surface area contributed by atoms with E-state index in [0.717, 1.165) is 18.4 Å². The zero-order valence-electron chi connectivity index (χ0n) is 10.9. The molecule has 1 N–H and O–H groups in total. The molecule has 2 rings (SSSR count). The van der Waals surface area contributed by atoms with Gasteiger partial charge >= 0.3 is 5.97 Å². The minimum Gasteiger partial charge on any atom is -0.481 e. The zero-order valence-corrected chi connectivity index (χ0v) is 11.7. The van der Waals surface area contributed by atoms with Gasteiger partial charge < -0.3 is 5.11 Å². The van der Waals surface area contributed by atoms with E-state index in [1.165, 1.54) is 0 Å². The second kappa shape index (κ2) is 5.33. The van der Waals surface area contributed by atoms with Crippen LogP contribution in [0.4, 0.5) is 0 Å². The molecule has 0 aromatic heterocycles. The second-order valence-electron chi connectivity index (χ2n) is 5.13. The third-order valence-corrected chi connectivity index (χ3v) is 6.06. The molecule has 1 aliphatic carbocycles. The maximum absolute atomic E-state index is 12.6. The van der Waals surface area contributed by atoms with Gasteiger partial charge in [0.15, 0.2) is 9.84 Å². The zero-order chi connectivity index (χ0) is 14.0. The lowest BCUT2D eigenvalue weighted by Gasteiger charge is -2.28. The molecule has 19 heavy (non-hydrogen) atoms. The first-order chi connectivity index (χ1) is 8.93. The smallest absolute Gasteiger partial charge is 0.307 e. The van der Waals surface area contributed by atoms with Gasteiger partial charge in [0, 0.05) is 0 Å². The highest BCUT2D eigenvalue weighted by Crippen LogP contribution is 2.33. The highest BCUT2D eigenvalue weighted by molar-refractivity contribution is 7.92. The maximum Gasteiger partial charge on any atom is 0.307 e. The Morgan fingerprint density at radius 1 is 1.16 bits per heavy atom. The number of aryl methyl sites for hydroxylation is 1. The van der Waals surface area contributed by atoms with Crippen LogP contribution in [0.5, 0.6) is 0 Å². The number of rotatable bonds is 3. The van der Waals surface area contributed by atoms with E-state index in [0.29, 0.717) is 12.8 Å². The molecule has 2 unspecified atom stereocenters. The first kappa shape index (κ1) is 14.1. The van der Waals surface area contributed by atoms with Crippen LogP contribution in [-0.4, -0.2) is 24.7 Å². The molecule has 0 amide bonds. The lowest BCUT2D eigenvalue weighted by molar-refractivity contribution is -0.142. The van der Waals surface area contributed by atoms with Crippen molar-refractivity contribution >= 4 is 15.8 Å². The fourth-order valence-corrected chi connectivity index (χ4v) is 4.68. The lowest BCUT2D eigenvalue weighted by atomic mass is 9.89. The van der Waals surface area contributed by atoms with Crippen molar-refractivity contribution < 1.29 is 18.3 Å². The van der Waals surface area contributed by atoms with Crippen LogP contribution in [0.2, 0.25) is 0 Å². The maximum atomic E-state index is 12.6. The van der Waals surface area contributed by atoms with Gasteiger partial charge in [-0.25, -0.2) is 8.42 Å². The van der Waals surface area contributed by atoms with Crippen LogP contribution in [-0.2, 0) is 14.6 Å². The Morgan fingerprint density at radius 2 is 1.74 bits per heavy atom. The minimum atomic E-state index is -3.55. The van der Waals surface area contributed by atoms with Crippen LogP contribution >= 0.6 is 0 Å². The quantitative estimate of drug-likeness (QED) is 0.924. The molecule has 0 bridgehead atoms. The fraction of sp³-hybridized carbons (Fsp3) is 0.500. The summed E-state index contributed by atoms with van der Waals surface area (Å²) in [7, 11) is -3.55. The molecule has 0 aliphatic heterocycles. The van der Waals surface area contributed by atoms with E-state index in [1.807, 2.05) is 6.92 Å². The summed E-state index contributed by atoms with van der Waals surface area (Å²) in [5.41, 5.74) is 0.984. The molecule has 2 atom stereocenters. The molecule has 0 saturated heterocycles. The normalized spacial score (nSPS) is 24.1. The summed E-state index contributed by atoms with van der Waals surface area (Å²) in [6.45, 7) is 1.89. The Balaban J connectivity index is 2.37. The van der Waals surface area contributed by atoms with Crippen molar-refractivity contribution in [1.82, 2.24) is 0 Å². The summed E-state index contributed by atoms with van der Waals surface area (Å²) < 4.78 is 25.1. The van der Waals surface area contributed by atoms with Gasteiger partial charge in [0.2, 0.25) is 0 Å². The Bertz CT molecular complexity index is 560. The van der Waals surface area contributed by atoms with Crippen molar-refractivity contribution in [3.8, 4) is 0 Å². The highest BCUT2D eigenvalue weighted by atomic mass is 32.2. The van der Waals surface area contributed by atoms with Gasteiger partial charge in [0.1, 0.15) is 0 Å². The molecule has 104 valence electrons. The molecular weight excluding hydrogens is 264 g/mol. The second-order valence-corrected chi connectivity index (χ2v) is 7.29. The standard InChI is InChI=1S/C14H18O4S/c1-10-6-8-11(9-7-10)19(17,18)13-5-3-2-4-12(13)14(15)16/h6-9,12-13H,2-5H2,1H3,(H,15,16). The van der Waals surface area contributed by atoms with Crippen molar-refractivity contribution in [2.75, 3.05) is 0 Å². The molecule has 0 spiro atoms. The predicted molar refractivity (Wildman–Crippen MR) is 71.7 cm³/mol. The Labute approximate surface area is 113 Å². The summed E-state index contributed by atoms with van der Waals surface area (Å²) in [5, 5.41) is 8.41. The van der Waals surface area contributed by atoms with Crippen molar-refractivity contribution in [1.29, 1.82) is 0 Å². The third kappa shape index (κ3) is 2.81. The molecule has 1 aromatic carbocycles. The largest absolute Gasteiger partial charge is 0.481 e. The van der Waals surface area contributed by atoms with Crippen molar-refractivity contribution in [2.45, 2.75) is 42.8 Å². The van der Waals surface area contributed by atoms with Crippen molar-refractivity contribution in [3.63, 3.8) is 0 Å². The van der Waals surface area contributed by atoms with E-state index in [4.69, 9.17) is 0 Å². The van der Waals surface area contributed by atoms with Crippen LogP contribution in [0.1, 0.15) is 31.2 Å². The molecule has 5 heteroatoms. The van der Waals surface area contributed by atoms with Crippen LogP contribution < -0.4 is 0 Å². The van der Waals surface area contributed by atoms with Gasteiger partial charge in [-0.1, -0.05) is 30.5 Å². The summed E-state index contributed by atoms with van der Waals surface area (Å²) in [6.07, 6.45) is 2.45. The van der Waals surface area contributed by atoms with E-state index < -0.39 is 27.0 Å². The van der Waals surface area contributed by atoms with Crippen molar-refractivity contribution in [2.24, 2.45) is 5.92 Å². The molecule has 1 saturated carbocycles. The molecule has 1 aromatic rings. The number of carboxylic acid groups (broad SMARTS) is 1. The number of hydrogen-bond acceptors (Lipinski definition) is 3. The van der Waals surface area contributed by atoms with Crippen LogP contribution in [0, 0.1) is 12.8 Å². The SMILES string of the molecule is Cc1ccc(S(=O)(=O)C2CCCCC2C(=O)O)cc1. The van der Waals surface area contributed by atoms with Crippen LogP contribution in [0.25, 0.3) is 0 Å². The molecule has 4 nitrogen and oxygen atoms in total. The molecule has 0 radical (unpaired) electrons. The van der Waals surface area contributed by atoms with E-state index in [2.05, 4.69) is 0 Å². The molecular formula is C14H18O4S. The molecule has 1 aliphatic rings. The predicted octanol–water partition coefficient (Wildman–Crippen LogP) is 2.41. The summed E-state index contributed by atoms with van der Waals surface area (Å²) in [4.78, 5) is 11.5. The Morgan fingerprint density at radius 3 is 2.32 bits per heavy atom. The van der Waals surface area contributed by atoms with E-state index in [1.54, 1.807) is 24.3 Å². The average Bonchev–Trinajstić information content (AvgIpc) is 2.39. The van der Waals surface area contributed by atoms with Gasteiger partial charge in [0.05, 0.1) is 16.1 Å². The van der Waals surface area contributed by atoms with Gasteiger partial charge in [-0.2, -0.15) is 0 Å². The first-order valence-corrected chi connectivity index (χ1v) is 8.01. The van der Waals surface area contributed by atoms with Crippen molar-refractivity contribution in [3.05, 3.63) is 29.8 Å². The van der Waals surface area contributed by atoms with Crippen LogP contribution in [0.3, 0.4) is 0 Å². The lowest BCUT2D eigenvalue weighted by Crippen LogP contribution is -2.37. The van der Waals surface area contributed by atoms with E-state index >= 15 is 0 Å². The van der Waals surface area contributed by atoms with E-state index in [9.17, 15) is 18.3 Å². The summed E-state index contributed by atoms with van der Waals surface area (Å²) in [5.74, 6) is -1.78. The molecule has 0 heterocycles. The van der Waals surface area contributed by atoms with Gasteiger partial charge in [-0.3, -0.25) is 4.79 Å². The number of carboxylic acids is 1. The van der Waals surface area contributed by atoms with Gasteiger partial charge in [0.25, 0.3) is 0 Å². The monoisotopic (exact) mass is 282 g/mol. The third-order valence-electron chi connectivity index (χ3n) is 3.77. The van der Waals surface area contributed by atoms with Gasteiger partial charge in [-0.15, -0.1) is 0 Å². The average molecular weight is 282 g/mol. The Kier molecular flexibility index (Phi) is 3.94. The number of sulfone groups is 1. The first-order valence-electron chi connectivity index (χ1n) is 6.46. The number of hydrogen-bond donors (Lipinski definition) is 1. The molecule has 1 fully saturated rings. The van der Waals surface area contributed by atoms with Gasteiger partial charge in [-0.05, 0) is 31.9 Å².